The molecular formula is C12H16Cl2. The fourth-order valence-electron chi connectivity index (χ4n) is 1.50. The highest BCUT2D eigenvalue weighted by atomic mass is 35.5. The van der Waals surface area contributed by atoms with E-state index in [0.717, 1.165) is 34.0 Å². The van der Waals surface area contributed by atoms with Crippen molar-refractivity contribution < 1.29 is 0 Å². The number of benzene rings is 1. The Morgan fingerprint density at radius 1 is 1.07 bits per heavy atom. The maximum atomic E-state index is 6.19. The van der Waals surface area contributed by atoms with Crippen LogP contribution in [0, 0.1) is 5.92 Å². The van der Waals surface area contributed by atoms with Crippen LogP contribution in [0.15, 0.2) is 12.1 Å². The molecular weight excluding hydrogens is 215 g/mol. The molecule has 0 heterocycles. The quantitative estimate of drug-likeness (QED) is 0.703. The van der Waals surface area contributed by atoms with Gasteiger partial charge in [0.1, 0.15) is 0 Å². The van der Waals surface area contributed by atoms with Crippen molar-refractivity contribution in [1.82, 2.24) is 0 Å². The summed E-state index contributed by atoms with van der Waals surface area (Å²) in [5.74, 6) is 0.607. The molecule has 0 aliphatic rings. The van der Waals surface area contributed by atoms with Crippen molar-refractivity contribution in [2.45, 2.75) is 33.6 Å². The molecule has 2 heteroatoms. The third kappa shape index (κ3) is 2.65. The minimum atomic E-state index is 0.607. The Kier molecular flexibility index (Phi) is 4.28. The van der Waals surface area contributed by atoms with Gasteiger partial charge in [-0.25, -0.2) is 0 Å². The Hall–Kier alpha value is -0.200. The predicted molar refractivity (Wildman–Crippen MR) is 64.4 cm³/mol. The van der Waals surface area contributed by atoms with Gasteiger partial charge in [-0.05, 0) is 29.9 Å². The second kappa shape index (κ2) is 5.04. The monoisotopic (exact) mass is 230 g/mol. The van der Waals surface area contributed by atoms with Gasteiger partial charge in [-0.3, -0.25) is 0 Å². The fraction of sp³-hybridized carbons (Fsp3) is 0.500. The van der Waals surface area contributed by atoms with Gasteiger partial charge in [0, 0.05) is 0 Å². The van der Waals surface area contributed by atoms with Crippen molar-refractivity contribution in [1.29, 1.82) is 0 Å². The van der Waals surface area contributed by atoms with E-state index in [1.807, 2.05) is 0 Å². The zero-order valence-corrected chi connectivity index (χ0v) is 10.4. The van der Waals surface area contributed by atoms with Gasteiger partial charge in [0.2, 0.25) is 0 Å². The van der Waals surface area contributed by atoms with Gasteiger partial charge in [0.05, 0.1) is 10.0 Å². The SMILES string of the molecule is CCc1ccc(CC(C)C)c(Cl)c1Cl. The Bertz CT molecular complexity index is 316. The first-order valence-corrected chi connectivity index (χ1v) is 5.77. The minimum absolute atomic E-state index is 0.607. The highest BCUT2D eigenvalue weighted by molar-refractivity contribution is 6.43. The molecule has 0 radical (unpaired) electrons. The van der Waals surface area contributed by atoms with Crippen LogP contribution in [0.4, 0.5) is 0 Å². The molecule has 0 saturated carbocycles. The summed E-state index contributed by atoms with van der Waals surface area (Å²) in [6, 6.07) is 4.17. The molecule has 1 aromatic carbocycles. The van der Waals surface area contributed by atoms with Crippen LogP contribution >= 0.6 is 23.2 Å². The first-order chi connectivity index (χ1) is 6.56. The first-order valence-electron chi connectivity index (χ1n) is 5.02. The molecule has 0 fully saturated rings. The molecule has 0 unspecified atom stereocenters. The summed E-state index contributed by atoms with van der Waals surface area (Å²) in [5, 5.41) is 1.46. The van der Waals surface area contributed by atoms with E-state index in [9.17, 15) is 0 Å². The average Bonchev–Trinajstić information content (AvgIpc) is 2.13. The van der Waals surface area contributed by atoms with E-state index in [-0.39, 0.29) is 0 Å². The van der Waals surface area contributed by atoms with Crippen LogP contribution < -0.4 is 0 Å². The van der Waals surface area contributed by atoms with Crippen molar-refractivity contribution >= 4 is 23.2 Å². The Morgan fingerprint density at radius 2 is 1.57 bits per heavy atom. The first kappa shape index (κ1) is 11.9. The second-order valence-corrected chi connectivity index (χ2v) is 4.72. The third-order valence-electron chi connectivity index (χ3n) is 2.25. The van der Waals surface area contributed by atoms with Crippen LogP contribution in [-0.4, -0.2) is 0 Å². The van der Waals surface area contributed by atoms with E-state index in [1.165, 1.54) is 0 Å². The van der Waals surface area contributed by atoms with Gasteiger partial charge in [0.15, 0.2) is 0 Å². The lowest BCUT2D eigenvalue weighted by molar-refractivity contribution is 0.647. The lowest BCUT2D eigenvalue weighted by Gasteiger charge is -2.11. The van der Waals surface area contributed by atoms with E-state index in [1.54, 1.807) is 0 Å². The molecule has 0 nitrogen and oxygen atoms in total. The molecule has 1 aromatic rings. The summed E-state index contributed by atoms with van der Waals surface area (Å²) in [6.07, 6.45) is 1.92. The second-order valence-electron chi connectivity index (χ2n) is 3.96. The van der Waals surface area contributed by atoms with Crippen molar-refractivity contribution in [2.24, 2.45) is 5.92 Å². The lowest BCUT2D eigenvalue weighted by atomic mass is 10.0. The lowest BCUT2D eigenvalue weighted by Crippen LogP contribution is -1.96. The van der Waals surface area contributed by atoms with Crippen LogP contribution in [0.25, 0.3) is 0 Å². The standard InChI is InChI=1S/C12H16Cl2/c1-4-9-5-6-10(7-8(2)3)12(14)11(9)13/h5-6,8H,4,7H2,1-3H3. The Labute approximate surface area is 96.2 Å². The molecule has 0 saturated heterocycles. The average molecular weight is 231 g/mol. The highest BCUT2D eigenvalue weighted by Gasteiger charge is 2.09. The molecule has 78 valence electrons. The number of rotatable bonds is 3. The van der Waals surface area contributed by atoms with Crippen LogP contribution in [-0.2, 0) is 12.8 Å². The Balaban J connectivity index is 3.04. The molecule has 0 spiro atoms. The van der Waals surface area contributed by atoms with Crippen molar-refractivity contribution in [3.8, 4) is 0 Å². The van der Waals surface area contributed by atoms with Crippen LogP contribution in [0.1, 0.15) is 31.9 Å². The number of halogens is 2. The van der Waals surface area contributed by atoms with Gasteiger partial charge < -0.3 is 0 Å². The largest absolute Gasteiger partial charge is 0.0824 e. The molecule has 0 amide bonds. The fourth-order valence-corrected chi connectivity index (χ4v) is 2.08. The van der Waals surface area contributed by atoms with Crippen molar-refractivity contribution in [3.05, 3.63) is 33.3 Å². The third-order valence-corrected chi connectivity index (χ3v) is 3.21. The van der Waals surface area contributed by atoms with Gasteiger partial charge >= 0.3 is 0 Å². The molecule has 0 aliphatic heterocycles. The Morgan fingerprint density at radius 3 is 2.07 bits per heavy atom. The topological polar surface area (TPSA) is 0 Å². The molecule has 14 heavy (non-hydrogen) atoms. The summed E-state index contributed by atoms with van der Waals surface area (Å²) < 4.78 is 0. The summed E-state index contributed by atoms with van der Waals surface area (Å²) in [4.78, 5) is 0. The van der Waals surface area contributed by atoms with E-state index < -0.39 is 0 Å². The van der Waals surface area contributed by atoms with Crippen LogP contribution in [0.2, 0.25) is 10.0 Å². The summed E-state index contributed by atoms with van der Waals surface area (Å²) in [6.45, 7) is 6.44. The van der Waals surface area contributed by atoms with Gasteiger partial charge in [0.25, 0.3) is 0 Å². The molecule has 0 aliphatic carbocycles. The summed E-state index contributed by atoms with van der Waals surface area (Å²) in [5.41, 5.74) is 2.29. The summed E-state index contributed by atoms with van der Waals surface area (Å²) in [7, 11) is 0. The molecule has 1 rings (SSSR count). The maximum absolute atomic E-state index is 6.19. The number of aryl methyl sites for hydroxylation is 1. The molecule has 0 bridgehead atoms. The molecule has 0 N–H and O–H groups in total. The number of hydrogen-bond donors (Lipinski definition) is 0. The van der Waals surface area contributed by atoms with E-state index >= 15 is 0 Å². The van der Waals surface area contributed by atoms with Crippen LogP contribution in [0.5, 0.6) is 0 Å². The normalized spacial score (nSPS) is 11.0. The zero-order chi connectivity index (χ0) is 10.7. The molecule has 0 atom stereocenters. The summed E-state index contributed by atoms with van der Waals surface area (Å²) >= 11 is 12.3. The van der Waals surface area contributed by atoms with Gasteiger partial charge in [-0.1, -0.05) is 56.1 Å². The van der Waals surface area contributed by atoms with Gasteiger partial charge in [-0.15, -0.1) is 0 Å². The minimum Gasteiger partial charge on any atom is -0.0824 e. The van der Waals surface area contributed by atoms with Crippen LogP contribution in [0.3, 0.4) is 0 Å². The highest BCUT2D eigenvalue weighted by Crippen LogP contribution is 2.31. The van der Waals surface area contributed by atoms with E-state index in [0.29, 0.717) is 5.92 Å². The maximum Gasteiger partial charge on any atom is 0.0627 e. The molecule has 0 aromatic heterocycles. The zero-order valence-electron chi connectivity index (χ0n) is 8.90. The smallest absolute Gasteiger partial charge is 0.0627 e. The van der Waals surface area contributed by atoms with Crippen molar-refractivity contribution in [2.75, 3.05) is 0 Å². The van der Waals surface area contributed by atoms with Gasteiger partial charge in [-0.2, -0.15) is 0 Å². The number of hydrogen-bond acceptors (Lipinski definition) is 0. The van der Waals surface area contributed by atoms with Crippen molar-refractivity contribution in [3.63, 3.8) is 0 Å². The van der Waals surface area contributed by atoms with E-state index in [4.69, 9.17) is 23.2 Å². The predicted octanol–water partition coefficient (Wildman–Crippen LogP) is 4.75. The van der Waals surface area contributed by atoms with E-state index in [2.05, 4.69) is 32.9 Å².